The van der Waals surface area contributed by atoms with E-state index in [0.29, 0.717) is 0 Å². The lowest BCUT2D eigenvalue weighted by molar-refractivity contribution is -0.422. The summed E-state index contributed by atoms with van der Waals surface area (Å²) in [6.45, 7) is 0. The Bertz CT molecular complexity index is 673. The van der Waals surface area contributed by atoms with Crippen molar-refractivity contribution in [3.63, 3.8) is 0 Å². The monoisotopic (exact) mass is 262 g/mol. The van der Waals surface area contributed by atoms with E-state index in [9.17, 15) is 24.6 Å². The van der Waals surface area contributed by atoms with Crippen molar-refractivity contribution >= 4 is 11.4 Å². The van der Waals surface area contributed by atoms with Crippen LogP contribution >= 0.6 is 0 Å². The largest absolute Gasteiger partial charge is 0.346 e. The van der Waals surface area contributed by atoms with E-state index in [2.05, 4.69) is 0 Å². The molecule has 0 aliphatic heterocycles. The van der Waals surface area contributed by atoms with Gasteiger partial charge < -0.3 is 0 Å². The molecular formula is C12H7FN2O4. The van der Waals surface area contributed by atoms with Gasteiger partial charge >= 0.3 is 11.4 Å². The molecule has 2 aromatic carbocycles. The predicted molar refractivity (Wildman–Crippen MR) is 65.1 cm³/mol. The van der Waals surface area contributed by atoms with Crippen molar-refractivity contribution in [1.82, 2.24) is 0 Å². The Morgan fingerprint density at radius 1 is 0.895 bits per heavy atom. The number of benzene rings is 2. The highest BCUT2D eigenvalue weighted by atomic mass is 19.1. The summed E-state index contributed by atoms with van der Waals surface area (Å²) in [5, 5.41) is 21.5. The van der Waals surface area contributed by atoms with E-state index < -0.39 is 27.0 Å². The topological polar surface area (TPSA) is 86.3 Å². The predicted octanol–water partition coefficient (Wildman–Crippen LogP) is 3.31. The first kappa shape index (κ1) is 12.6. The lowest BCUT2D eigenvalue weighted by atomic mass is 10.0. The summed E-state index contributed by atoms with van der Waals surface area (Å²) in [6, 6.07) is 8.99. The van der Waals surface area contributed by atoms with Crippen LogP contribution in [0.25, 0.3) is 11.1 Å². The maximum absolute atomic E-state index is 13.6. The van der Waals surface area contributed by atoms with E-state index in [-0.39, 0.29) is 11.1 Å². The Morgan fingerprint density at radius 3 is 2.11 bits per heavy atom. The Labute approximate surface area is 106 Å². The first-order valence-electron chi connectivity index (χ1n) is 5.18. The molecule has 2 rings (SSSR count). The lowest BCUT2D eigenvalue weighted by Crippen LogP contribution is -1.97. The molecular weight excluding hydrogens is 255 g/mol. The molecule has 0 saturated carbocycles. The first-order chi connectivity index (χ1) is 9.00. The van der Waals surface area contributed by atoms with Gasteiger partial charge in [-0.2, -0.15) is 0 Å². The highest BCUT2D eigenvalue weighted by Crippen LogP contribution is 2.32. The second-order valence-electron chi connectivity index (χ2n) is 3.70. The summed E-state index contributed by atoms with van der Waals surface area (Å²) in [5.74, 6) is -0.550. The van der Waals surface area contributed by atoms with Crippen molar-refractivity contribution in [2.24, 2.45) is 0 Å². The van der Waals surface area contributed by atoms with Gasteiger partial charge in [-0.15, -0.1) is 0 Å². The minimum atomic E-state index is -0.859. The molecule has 0 fully saturated rings. The van der Waals surface area contributed by atoms with Gasteiger partial charge in [0.05, 0.1) is 9.85 Å². The summed E-state index contributed by atoms with van der Waals surface area (Å²) < 4.78 is 13.6. The molecule has 0 unspecified atom stereocenters. The molecule has 0 atom stereocenters. The molecule has 0 amide bonds. The molecule has 19 heavy (non-hydrogen) atoms. The second kappa shape index (κ2) is 4.81. The van der Waals surface area contributed by atoms with Crippen LogP contribution in [0.4, 0.5) is 15.8 Å². The molecule has 0 radical (unpaired) electrons. The standard InChI is InChI=1S/C12H7FN2O4/c13-10-4-2-1-3-9(10)8-5-6-11(14(16)17)12(7-8)15(18)19/h1-7H. The average molecular weight is 262 g/mol. The fraction of sp³-hybridized carbons (Fsp3) is 0. The lowest BCUT2D eigenvalue weighted by Gasteiger charge is -2.03. The van der Waals surface area contributed by atoms with Crippen molar-refractivity contribution in [2.75, 3.05) is 0 Å². The van der Waals surface area contributed by atoms with Gasteiger partial charge in [0.2, 0.25) is 0 Å². The van der Waals surface area contributed by atoms with Crippen molar-refractivity contribution in [3.05, 3.63) is 68.5 Å². The SMILES string of the molecule is O=[N+]([O-])c1ccc(-c2ccccc2F)cc1[N+](=O)[O-]. The zero-order chi connectivity index (χ0) is 14.0. The fourth-order valence-electron chi connectivity index (χ4n) is 1.69. The van der Waals surface area contributed by atoms with Gasteiger partial charge in [0.25, 0.3) is 0 Å². The molecule has 0 aliphatic carbocycles. The number of hydrogen-bond acceptors (Lipinski definition) is 4. The smallest absolute Gasteiger partial charge is 0.258 e. The number of nitro groups is 2. The summed E-state index contributed by atoms with van der Waals surface area (Å²) in [4.78, 5) is 19.8. The van der Waals surface area contributed by atoms with Gasteiger partial charge in [-0.05, 0) is 17.7 Å². The quantitative estimate of drug-likeness (QED) is 0.627. The Morgan fingerprint density at radius 2 is 1.53 bits per heavy atom. The van der Waals surface area contributed by atoms with Crippen molar-refractivity contribution < 1.29 is 14.2 Å². The molecule has 2 aromatic rings. The third-order valence-corrected chi connectivity index (χ3v) is 2.55. The Hall–Kier alpha value is -2.83. The summed E-state index contributed by atoms with van der Waals surface area (Å²) in [5.41, 5.74) is -0.910. The Kier molecular flexibility index (Phi) is 3.19. The number of rotatable bonds is 3. The maximum Gasteiger partial charge on any atom is 0.346 e. The van der Waals surface area contributed by atoms with Gasteiger partial charge in [-0.3, -0.25) is 20.2 Å². The van der Waals surface area contributed by atoms with E-state index >= 15 is 0 Å². The van der Waals surface area contributed by atoms with E-state index in [0.717, 1.165) is 12.1 Å². The van der Waals surface area contributed by atoms with Crippen LogP contribution in [0.2, 0.25) is 0 Å². The molecule has 0 saturated heterocycles. The molecule has 0 bridgehead atoms. The van der Waals surface area contributed by atoms with Crippen LogP contribution in [0.3, 0.4) is 0 Å². The number of nitrogens with zero attached hydrogens (tertiary/aromatic N) is 2. The van der Waals surface area contributed by atoms with Crippen LogP contribution in [-0.2, 0) is 0 Å². The van der Waals surface area contributed by atoms with Crippen LogP contribution in [0.5, 0.6) is 0 Å². The van der Waals surface area contributed by atoms with Gasteiger partial charge in [0.15, 0.2) is 0 Å². The molecule has 7 heteroatoms. The van der Waals surface area contributed by atoms with Crippen LogP contribution < -0.4 is 0 Å². The third-order valence-electron chi connectivity index (χ3n) is 2.55. The molecule has 0 heterocycles. The van der Waals surface area contributed by atoms with Crippen LogP contribution in [0.1, 0.15) is 0 Å². The molecule has 96 valence electrons. The minimum Gasteiger partial charge on any atom is -0.258 e. The number of hydrogen-bond donors (Lipinski definition) is 0. The number of nitro benzene ring substituents is 2. The van der Waals surface area contributed by atoms with Crippen molar-refractivity contribution in [2.45, 2.75) is 0 Å². The van der Waals surface area contributed by atoms with Crippen LogP contribution in [-0.4, -0.2) is 9.85 Å². The van der Waals surface area contributed by atoms with Crippen LogP contribution in [0, 0.1) is 26.0 Å². The zero-order valence-corrected chi connectivity index (χ0v) is 9.45. The Balaban J connectivity index is 2.62. The third kappa shape index (κ3) is 2.39. The normalized spacial score (nSPS) is 10.2. The molecule has 0 aromatic heterocycles. The van der Waals surface area contributed by atoms with Crippen molar-refractivity contribution in [3.8, 4) is 11.1 Å². The minimum absolute atomic E-state index is 0.153. The maximum atomic E-state index is 13.6. The van der Waals surface area contributed by atoms with E-state index in [1.807, 2.05) is 0 Å². The van der Waals surface area contributed by atoms with E-state index in [4.69, 9.17) is 0 Å². The van der Waals surface area contributed by atoms with Gasteiger partial charge in [-0.1, -0.05) is 18.2 Å². The summed E-state index contributed by atoms with van der Waals surface area (Å²) >= 11 is 0. The highest BCUT2D eigenvalue weighted by Gasteiger charge is 2.24. The van der Waals surface area contributed by atoms with E-state index in [1.54, 1.807) is 6.07 Å². The molecule has 0 aliphatic rings. The summed E-state index contributed by atoms with van der Waals surface area (Å²) in [6.07, 6.45) is 0. The molecule has 0 spiro atoms. The molecule has 6 nitrogen and oxygen atoms in total. The van der Waals surface area contributed by atoms with Crippen LogP contribution in [0.15, 0.2) is 42.5 Å². The first-order valence-corrected chi connectivity index (χ1v) is 5.18. The highest BCUT2D eigenvalue weighted by molar-refractivity contribution is 5.70. The average Bonchev–Trinajstić information content (AvgIpc) is 2.38. The van der Waals surface area contributed by atoms with Crippen molar-refractivity contribution in [1.29, 1.82) is 0 Å². The second-order valence-corrected chi connectivity index (χ2v) is 3.70. The summed E-state index contributed by atoms with van der Waals surface area (Å²) in [7, 11) is 0. The molecule has 0 N–H and O–H groups in total. The fourth-order valence-corrected chi connectivity index (χ4v) is 1.69. The van der Waals surface area contributed by atoms with Gasteiger partial charge in [0, 0.05) is 17.7 Å². The van der Waals surface area contributed by atoms with E-state index in [1.165, 1.54) is 24.3 Å². The van der Waals surface area contributed by atoms with Gasteiger partial charge in [-0.25, -0.2) is 4.39 Å². The zero-order valence-electron chi connectivity index (χ0n) is 9.45. The van der Waals surface area contributed by atoms with Gasteiger partial charge in [0.1, 0.15) is 5.82 Å². The number of halogens is 1.